The third kappa shape index (κ3) is 2.66. The Morgan fingerprint density at radius 3 is 2.71 bits per heavy atom. The summed E-state index contributed by atoms with van der Waals surface area (Å²) in [7, 11) is 0. The quantitative estimate of drug-likeness (QED) is 0.724. The topological polar surface area (TPSA) is 83.8 Å². The van der Waals surface area contributed by atoms with Crippen molar-refractivity contribution in [2.75, 3.05) is 18.8 Å². The van der Waals surface area contributed by atoms with Crippen LogP contribution in [0.1, 0.15) is 43.5 Å². The van der Waals surface area contributed by atoms with Crippen molar-refractivity contribution in [3.05, 3.63) is 21.7 Å². The van der Waals surface area contributed by atoms with Gasteiger partial charge in [0.1, 0.15) is 11.6 Å². The zero-order valence-electron chi connectivity index (χ0n) is 10.3. The summed E-state index contributed by atoms with van der Waals surface area (Å²) in [6.07, 6.45) is 3.62. The number of aromatic nitrogens is 2. The second-order valence-electron chi connectivity index (χ2n) is 4.59. The van der Waals surface area contributed by atoms with Crippen molar-refractivity contribution in [3.63, 3.8) is 0 Å². The van der Waals surface area contributed by atoms with E-state index >= 15 is 0 Å². The predicted octanol–water partition coefficient (Wildman–Crippen LogP) is 0.772. The zero-order valence-corrected chi connectivity index (χ0v) is 10.3. The van der Waals surface area contributed by atoms with Crippen LogP contribution in [0.5, 0.6) is 0 Å². The van der Waals surface area contributed by atoms with Crippen LogP contribution >= 0.6 is 0 Å². The maximum atomic E-state index is 11.9. The largest absolute Gasteiger partial charge is 0.383 e. The van der Waals surface area contributed by atoms with Gasteiger partial charge in [-0.2, -0.15) is 0 Å². The summed E-state index contributed by atoms with van der Waals surface area (Å²) in [5, 5.41) is 3.29. The molecule has 0 spiro atoms. The Hall–Kier alpha value is -1.36. The summed E-state index contributed by atoms with van der Waals surface area (Å²) in [5.74, 6) is 1.50. The smallest absolute Gasteiger partial charge is 0.256 e. The minimum absolute atomic E-state index is 0.0621. The van der Waals surface area contributed by atoms with Gasteiger partial charge >= 0.3 is 0 Å². The van der Waals surface area contributed by atoms with Gasteiger partial charge in [0.25, 0.3) is 5.56 Å². The molecule has 1 aromatic heterocycles. The van der Waals surface area contributed by atoms with E-state index in [9.17, 15) is 4.79 Å². The van der Waals surface area contributed by atoms with E-state index in [4.69, 9.17) is 5.73 Å². The lowest BCUT2D eigenvalue weighted by Crippen LogP contribution is -2.29. The average Bonchev–Trinajstić information content (AvgIpc) is 2.35. The zero-order chi connectivity index (χ0) is 12.3. The fourth-order valence-electron chi connectivity index (χ4n) is 2.31. The van der Waals surface area contributed by atoms with E-state index in [-0.39, 0.29) is 5.56 Å². The lowest BCUT2D eigenvalue weighted by Gasteiger charge is -2.22. The van der Waals surface area contributed by atoms with Gasteiger partial charge in [-0.3, -0.25) is 4.79 Å². The highest BCUT2D eigenvalue weighted by Crippen LogP contribution is 2.22. The second kappa shape index (κ2) is 5.31. The monoisotopic (exact) mass is 236 g/mol. The molecule has 2 heterocycles. The number of H-pyrrole nitrogens is 1. The van der Waals surface area contributed by atoms with Gasteiger partial charge in [-0.25, -0.2) is 4.98 Å². The van der Waals surface area contributed by atoms with Gasteiger partial charge in [0.2, 0.25) is 0 Å². The number of nitrogens with zero attached hydrogens (tertiary/aromatic N) is 1. The van der Waals surface area contributed by atoms with Gasteiger partial charge in [-0.1, -0.05) is 13.3 Å². The molecule has 0 bridgehead atoms. The highest BCUT2D eigenvalue weighted by molar-refractivity contribution is 5.38. The molecular weight excluding hydrogens is 216 g/mol. The second-order valence-corrected chi connectivity index (χ2v) is 4.59. The average molecular weight is 236 g/mol. The van der Waals surface area contributed by atoms with Crippen LogP contribution in [-0.4, -0.2) is 23.1 Å². The van der Waals surface area contributed by atoms with Crippen molar-refractivity contribution in [1.29, 1.82) is 0 Å². The molecule has 1 aromatic rings. The van der Waals surface area contributed by atoms with E-state index in [1.165, 1.54) is 0 Å². The van der Waals surface area contributed by atoms with Crippen LogP contribution in [0, 0.1) is 0 Å². The Kier molecular flexibility index (Phi) is 3.78. The molecule has 4 N–H and O–H groups in total. The first kappa shape index (κ1) is 12.1. The summed E-state index contributed by atoms with van der Waals surface area (Å²) in [6.45, 7) is 3.98. The molecule has 17 heavy (non-hydrogen) atoms. The number of rotatable bonds is 3. The molecule has 0 amide bonds. The lowest BCUT2D eigenvalue weighted by molar-refractivity contribution is 0.444. The molecule has 1 fully saturated rings. The van der Waals surface area contributed by atoms with Gasteiger partial charge in [0.05, 0.1) is 5.56 Å². The standard InChI is InChI=1S/C12H20N4O/c1-2-3-9-10(13)15-11(16-12(9)17)8-4-6-14-7-5-8/h8,14H,2-7H2,1H3,(H3,13,15,16,17). The number of nitrogens with one attached hydrogen (secondary N) is 2. The van der Waals surface area contributed by atoms with Crippen molar-refractivity contribution in [1.82, 2.24) is 15.3 Å². The number of piperidine rings is 1. The maximum absolute atomic E-state index is 11.9. The molecule has 1 saturated heterocycles. The summed E-state index contributed by atoms with van der Waals surface area (Å²) < 4.78 is 0. The molecule has 5 nitrogen and oxygen atoms in total. The molecule has 0 aliphatic carbocycles. The van der Waals surface area contributed by atoms with Crippen LogP contribution in [0.3, 0.4) is 0 Å². The Balaban J connectivity index is 2.27. The number of anilines is 1. The molecule has 5 heteroatoms. The molecule has 1 aliphatic rings. The van der Waals surface area contributed by atoms with Crippen LogP contribution in [-0.2, 0) is 6.42 Å². The molecule has 0 unspecified atom stereocenters. The van der Waals surface area contributed by atoms with Crippen molar-refractivity contribution >= 4 is 5.82 Å². The third-order valence-corrected chi connectivity index (χ3v) is 3.29. The molecule has 0 aromatic carbocycles. The van der Waals surface area contributed by atoms with Crippen molar-refractivity contribution < 1.29 is 0 Å². The molecule has 94 valence electrons. The van der Waals surface area contributed by atoms with Gasteiger partial charge in [0, 0.05) is 5.92 Å². The number of hydrogen-bond acceptors (Lipinski definition) is 4. The molecule has 0 radical (unpaired) electrons. The Bertz CT molecular complexity index is 435. The van der Waals surface area contributed by atoms with Crippen LogP contribution in [0.25, 0.3) is 0 Å². The van der Waals surface area contributed by atoms with E-state index in [1.54, 1.807) is 0 Å². The molecular formula is C12H20N4O. The SMILES string of the molecule is CCCc1c(N)nc(C2CCNCC2)[nH]c1=O. The molecule has 1 aliphatic heterocycles. The fourth-order valence-corrected chi connectivity index (χ4v) is 2.31. The van der Waals surface area contributed by atoms with Crippen LogP contribution in [0.15, 0.2) is 4.79 Å². The van der Waals surface area contributed by atoms with Gasteiger partial charge in [-0.05, 0) is 32.4 Å². The van der Waals surface area contributed by atoms with Crippen LogP contribution < -0.4 is 16.6 Å². The molecule has 0 saturated carbocycles. The summed E-state index contributed by atoms with van der Waals surface area (Å²) in [5.41, 5.74) is 6.44. The third-order valence-electron chi connectivity index (χ3n) is 3.29. The number of nitrogen functional groups attached to an aromatic ring is 1. The van der Waals surface area contributed by atoms with Crippen molar-refractivity contribution in [3.8, 4) is 0 Å². The first-order chi connectivity index (χ1) is 8.22. The Labute approximate surface area is 101 Å². The van der Waals surface area contributed by atoms with Crippen LogP contribution in [0.4, 0.5) is 5.82 Å². The normalized spacial score (nSPS) is 17.2. The van der Waals surface area contributed by atoms with E-state index in [0.717, 1.165) is 38.2 Å². The highest BCUT2D eigenvalue weighted by Gasteiger charge is 2.19. The number of nitrogens with two attached hydrogens (primary N) is 1. The summed E-state index contributed by atoms with van der Waals surface area (Å²) in [6, 6.07) is 0. The number of hydrogen-bond donors (Lipinski definition) is 3. The van der Waals surface area contributed by atoms with Crippen molar-refractivity contribution in [2.45, 2.75) is 38.5 Å². The minimum atomic E-state index is -0.0621. The van der Waals surface area contributed by atoms with E-state index < -0.39 is 0 Å². The van der Waals surface area contributed by atoms with Gasteiger partial charge in [-0.15, -0.1) is 0 Å². The fraction of sp³-hybridized carbons (Fsp3) is 0.667. The van der Waals surface area contributed by atoms with Crippen LogP contribution in [0.2, 0.25) is 0 Å². The first-order valence-electron chi connectivity index (χ1n) is 6.31. The van der Waals surface area contributed by atoms with E-state index in [1.807, 2.05) is 6.92 Å². The lowest BCUT2D eigenvalue weighted by atomic mass is 9.97. The molecule has 2 rings (SSSR count). The maximum Gasteiger partial charge on any atom is 0.256 e. The first-order valence-corrected chi connectivity index (χ1v) is 6.31. The molecule has 0 atom stereocenters. The van der Waals surface area contributed by atoms with Gasteiger partial charge in [0.15, 0.2) is 0 Å². The summed E-state index contributed by atoms with van der Waals surface area (Å²) >= 11 is 0. The predicted molar refractivity (Wildman–Crippen MR) is 68.1 cm³/mol. The number of aromatic amines is 1. The van der Waals surface area contributed by atoms with Gasteiger partial charge < -0.3 is 16.0 Å². The Morgan fingerprint density at radius 2 is 2.12 bits per heavy atom. The van der Waals surface area contributed by atoms with E-state index in [0.29, 0.717) is 23.7 Å². The van der Waals surface area contributed by atoms with E-state index in [2.05, 4.69) is 15.3 Å². The summed E-state index contributed by atoms with van der Waals surface area (Å²) in [4.78, 5) is 19.2. The highest BCUT2D eigenvalue weighted by atomic mass is 16.1. The Morgan fingerprint density at radius 1 is 1.41 bits per heavy atom. The minimum Gasteiger partial charge on any atom is -0.383 e. The van der Waals surface area contributed by atoms with Crippen molar-refractivity contribution in [2.24, 2.45) is 0 Å².